The Bertz CT molecular complexity index is 333. The van der Waals surface area contributed by atoms with Crippen LogP contribution >= 0.6 is 0 Å². The van der Waals surface area contributed by atoms with Crippen molar-refractivity contribution in [2.45, 2.75) is 64.1 Å². The maximum atomic E-state index is 11.4. The van der Waals surface area contributed by atoms with E-state index in [0.717, 1.165) is 12.8 Å². The molecule has 0 aromatic heterocycles. The smallest absolute Gasteiger partial charge is 0.150 e. The lowest BCUT2D eigenvalue weighted by Crippen LogP contribution is -2.36. The minimum absolute atomic E-state index is 0.135. The van der Waals surface area contributed by atoms with Gasteiger partial charge in [-0.2, -0.15) is 0 Å². The van der Waals surface area contributed by atoms with Crippen molar-refractivity contribution in [1.29, 1.82) is 0 Å². The van der Waals surface area contributed by atoms with Gasteiger partial charge in [-0.15, -0.1) is 0 Å². The van der Waals surface area contributed by atoms with E-state index < -0.39 is 15.9 Å². The normalized spacial score (nSPS) is 21.2. The van der Waals surface area contributed by atoms with Gasteiger partial charge >= 0.3 is 0 Å². The summed E-state index contributed by atoms with van der Waals surface area (Å²) in [5, 5.41) is 10.2. The van der Waals surface area contributed by atoms with Crippen molar-refractivity contribution in [2.24, 2.45) is 5.92 Å². The van der Waals surface area contributed by atoms with E-state index in [2.05, 4.69) is 0 Å². The summed E-state index contributed by atoms with van der Waals surface area (Å²) >= 11 is 0. The van der Waals surface area contributed by atoms with Crippen LogP contribution in [0.5, 0.6) is 0 Å². The first kappa shape index (κ1) is 16.9. The fraction of sp³-hybridized carbons (Fsp3) is 1.00. The fourth-order valence-corrected chi connectivity index (χ4v) is 3.84. The summed E-state index contributed by atoms with van der Waals surface area (Å²) in [6, 6.07) is 0. The average molecular weight is 292 g/mol. The van der Waals surface area contributed by atoms with Crippen LogP contribution in [0.4, 0.5) is 0 Å². The first-order chi connectivity index (χ1) is 9.00. The lowest BCUT2D eigenvalue weighted by Gasteiger charge is -2.32. The second kappa shape index (κ2) is 8.22. The van der Waals surface area contributed by atoms with Crippen LogP contribution in [0.1, 0.15) is 51.9 Å². The van der Waals surface area contributed by atoms with Crippen molar-refractivity contribution in [3.8, 4) is 0 Å². The Labute approximate surface area is 117 Å². The van der Waals surface area contributed by atoms with Crippen LogP contribution in [0.15, 0.2) is 0 Å². The second-order valence-electron chi connectivity index (χ2n) is 5.54. The molecule has 19 heavy (non-hydrogen) atoms. The van der Waals surface area contributed by atoms with Gasteiger partial charge in [0, 0.05) is 12.9 Å². The molecule has 114 valence electrons. The zero-order valence-corrected chi connectivity index (χ0v) is 13.0. The summed E-state index contributed by atoms with van der Waals surface area (Å²) in [6.45, 7) is 1.66. The Morgan fingerprint density at radius 3 is 2.42 bits per heavy atom. The van der Waals surface area contributed by atoms with Crippen molar-refractivity contribution in [1.82, 2.24) is 0 Å². The molecule has 0 aliphatic heterocycles. The van der Waals surface area contributed by atoms with E-state index >= 15 is 0 Å². The molecule has 1 N–H and O–H groups in total. The van der Waals surface area contributed by atoms with Gasteiger partial charge in [-0.05, 0) is 31.6 Å². The highest BCUT2D eigenvalue weighted by molar-refractivity contribution is 7.91. The van der Waals surface area contributed by atoms with Crippen LogP contribution in [-0.2, 0) is 14.6 Å². The summed E-state index contributed by atoms with van der Waals surface area (Å²) in [5.41, 5.74) is 0. The van der Waals surface area contributed by atoms with E-state index in [-0.39, 0.29) is 17.6 Å². The quantitative estimate of drug-likeness (QED) is 0.744. The van der Waals surface area contributed by atoms with Gasteiger partial charge in [0.1, 0.15) is 9.84 Å². The highest BCUT2D eigenvalue weighted by Gasteiger charge is 2.29. The number of rotatable bonds is 8. The van der Waals surface area contributed by atoms with Crippen LogP contribution in [-0.4, -0.2) is 44.3 Å². The van der Waals surface area contributed by atoms with E-state index in [1.165, 1.54) is 19.3 Å². The van der Waals surface area contributed by atoms with E-state index in [0.29, 0.717) is 18.8 Å². The zero-order chi connectivity index (χ0) is 14.3. The van der Waals surface area contributed by atoms with Crippen molar-refractivity contribution < 1.29 is 18.3 Å². The molecule has 4 nitrogen and oxygen atoms in total. The Hall–Kier alpha value is -0.130. The first-order valence-corrected chi connectivity index (χ1v) is 9.23. The van der Waals surface area contributed by atoms with Crippen molar-refractivity contribution >= 4 is 9.84 Å². The standard InChI is InChI=1S/C14H28O4S/c1-3-19(16,17)11-7-10-13(15)14(18-2)12-8-5-4-6-9-12/h12-15H,3-11H2,1-2H3. The van der Waals surface area contributed by atoms with E-state index in [4.69, 9.17) is 4.74 Å². The van der Waals surface area contributed by atoms with Gasteiger partial charge in [0.25, 0.3) is 0 Å². The largest absolute Gasteiger partial charge is 0.390 e. The van der Waals surface area contributed by atoms with E-state index in [1.807, 2.05) is 0 Å². The highest BCUT2D eigenvalue weighted by atomic mass is 32.2. The molecule has 0 amide bonds. The number of aliphatic hydroxyl groups is 1. The molecule has 1 saturated carbocycles. The average Bonchev–Trinajstić information content (AvgIpc) is 2.40. The van der Waals surface area contributed by atoms with Crippen molar-refractivity contribution in [3.05, 3.63) is 0 Å². The van der Waals surface area contributed by atoms with E-state index in [9.17, 15) is 13.5 Å². The molecule has 0 spiro atoms. The predicted octanol–water partition coefficient (Wildman–Crippen LogP) is 2.16. The molecule has 0 saturated heterocycles. The number of aliphatic hydroxyl groups excluding tert-OH is 1. The number of hydrogen-bond donors (Lipinski definition) is 1. The van der Waals surface area contributed by atoms with Crippen LogP contribution < -0.4 is 0 Å². The number of sulfone groups is 1. The fourth-order valence-electron chi connectivity index (χ4n) is 2.95. The molecule has 2 unspecified atom stereocenters. The molecule has 1 aliphatic carbocycles. The van der Waals surface area contributed by atoms with Gasteiger partial charge in [0.2, 0.25) is 0 Å². The first-order valence-electron chi connectivity index (χ1n) is 7.41. The third-order valence-corrected chi connectivity index (χ3v) is 5.95. The Kier molecular flexibility index (Phi) is 7.32. The molecule has 1 rings (SSSR count). The Morgan fingerprint density at radius 1 is 1.26 bits per heavy atom. The summed E-state index contributed by atoms with van der Waals surface area (Å²) < 4.78 is 28.3. The molecule has 0 bridgehead atoms. The molecule has 0 aromatic rings. The molecular formula is C14H28O4S. The molecular weight excluding hydrogens is 264 g/mol. The monoisotopic (exact) mass is 292 g/mol. The summed E-state index contributed by atoms with van der Waals surface area (Å²) in [6.07, 6.45) is 6.27. The molecule has 1 aliphatic rings. The molecule has 0 aromatic carbocycles. The van der Waals surface area contributed by atoms with E-state index in [1.54, 1.807) is 14.0 Å². The second-order valence-corrected chi connectivity index (χ2v) is 8.02. The van der Waals surface area contributed by atoms with Crippen molar-refractivity contribution in [2.75, 3.05) is 18.6 Å². The van der Waals surface area contributed by atoms with Gasteiger partial charge < -0.3 is 9.84 Å². The third kappa shape index (κ3) is 5.79. The summed E-state index contributed by atoms with van der Waals surface area (Å²) in [5.74, 6) is 0.776. The van der Waals surface area contributed by atoms with Gasteiger partial charge in [-0.25, -0.2) is 8.42 Å². The predicted molar refractivity (Wildman–Crippen MR) is 76.9 cm³/mol. The van der Waals surface area contributed by atoms with Crippen LogP contribution in [0, 0.1) is 5.92 Å². The topological polar surface area (TPSA) is 63.6 Å². The minimum atomic E-state index is -2.92. The van der Waals surface area contributed by atoms with Gasteiger partial charge in [0.05, 0.1) is 18.0 Å². The highest BCUT2D eigenvalue weighted by Crippen LogP contribution is 2.30. The Morgan fingerprint density at radius 2 is 1.89 bits per heavy atom. The van der Waals surface area contributed by atoms with Gasteiger partial charge in [-0.3, -0.25) is 0 Å². The number of ether oxygens (including phenoxy) is 1. The molecule has 5 heteroatoms. The summed E-state index contributed by atoms with van der Waals surface area (Å²) in [7, 11) is -1.28. The van der Waals surface area contributed by atoms with Gasteiger partial charge in [0.15, 0.2) is 0 Å². The van der Waals surface area contributed by atoms with Gasteiger partial charge in [-0.1, -0.05) is 26.2 Å². The number of methoxy groups -OCH3 is 1. The van der Waals surface area contributed by atoms with Crippen LogP contribution in [0.2, 0.25) is 0 Å². The SMILES string of the molecule is CCS(=O)(=O)CCCC(O)C(OC)C1CCCCC1. The molecule has 2 atom stereocenters. The minimum Gasteiger partial charge on any atom is -0.390 e. The van der Waals surface area contributed by atoms with Crippen LogP contribution in [0.25, 0.3) is 0 Å². The Balaban J connectivity index is 2.38. The van der Waals surface area contributed by atoms with Crippen LogP contribution in [0.3, 0.4) is 0 Å². The van der Waals surface area contributed by atoms with Crippen molar-refractivity contribution in [3.63, 3.8) is 0 Å². The molecule has 1 fully saturated rings. The number of hydrogen-bond acceptors (Lipinski definition) is 4. The lowest BCUT2D eigenvalue weighted by atomic mass is 9.82. The maximum absolute atomic E-state index is 11.4. The maximum Gasteiger partial charge on any atom is 0.150 e. The zero-order valence-electron chi connectivity index (χ0n) is 12.2. The third-order valence-electron chi connectivity index (χ3n) is 4.16. The molecule has 0 radical (unpaired) electrons. The molecule has 0 heterocycles. The lowest BCUT2D eigenvalue weighted by molar-refractivity contribution is -0.0570. The summed E-state index contributed by atoms with van der Waals surface area (Å²) in [4.78, 5) is 0.